The van der Waals surface area contributed by atoms with Gasteiger partial charge >= 0.3 is 0 Å². The van der Waals surface area contributed by atoms with E-state index in [1.54, 1.807) is 0 Å². The number of rotatable bonds is 1. The molecule has 9 heavy (non-hydrogen) atoms. The SMILES string of the molecule is CC(C)C(C)C.Cl.Cl.N. The van der Waals surface area contributed by atoms with Gasteiger partial charge in [-0.2, -0.15) is 0 Å². The Labute approximate surface area is 71.0 Å². The van der Waals surface area contributed by atoms with Gasteiger partial charge in [-0.3, -0.25) is 0 Å². The van der Waals surface area contributed by atoms with Crippen LogP contribution in [0.2, 0.25) is 0 Å². The first-order valence-electron chi connectivity index (χ1n) is 2.64. The van der Waals surface area contributed by atoms with E-state index in [4.69, 9.17) is 0 Å². The molecule has 0 unspecified atom stereocenters. The molecule has 0 heterocycles. The van der Waals surface area contributed by atoms with Crippen LogP contribution in [0, 0.1) is 11.8 Å². The van der Waals surface area contributed by atoms with Crippen molar-refractivity contribution in [3.63, 3.8) is 0 Å². The van der Waals surface area contributed by atoms with Crippen LogP contribution in [-0.4, -0.2) is 0 Å². The van der Waals surface area contributed by atoms with Gasteiger partial charge in [-0.05, 0) is 11.8 Å². The van der Waals surface area contributed by atoms with Crippen LogP contribution in [0.5, 0.6) is 0 Å². The first-order valence-corrected chi connectivity index (χ1v) is 2.64. The van der Waals surface area contributed by atoms with Gasteiger partial charge in [0.25, 0.3) is 0 Å². The van der Waals surface area contributed by atoms with Gasteiger partial charge in [0.05, 0.1) is 0 Å². The largest absolute Gasteiger partial charge is 0.344 e. The zero-order valence-electron chi connectivity index (χ0n) is 6.68. The smallest absolute Gasteiger partial charge is 0.0448 e. The highest BCUT2D eigenvalue weighted by Gasteiger charge is 1.95. The van der Waals surface area contributed by atoms with Crippen molar-refractivity contribution >= 4 is 24.8 Å². The normalized spacial score (nSPS) is 7.33. The van der Waals surface area contributed by atoms with Gasteiger partial charge in [0.1, 0.15) is 0 Å². The molecule has 0 aromatic rings. The van der Waals surface area contributed by atoms with Crippen molar-refractivity contribution < 1.29 is 0 Å². The molecular weight excluding hydrogens is 157 g/mol. The van der Waals surface area contributed by atoms with E-state index in [9.17, 15) is 0 Å². The highest BCUT2D eigenvalue weighted by atomic mass is 35.5. The first kappa shape index (κ1) is 22.7. The molecule has 0 saturated heterocycles. The van der Waals surface area contributed by atoms with Gasteiger partial charge in [0.15, 0.2) is 0 Å². The van der Waals surface area contributed by atoms with E-state index >= 15 is 0 Å². The minimum atomic E-state index is 0. The summed E-state index contributed by atoms with van der Waals surface area (Å²) in [4.78, 5) is 0. The van der Waals surface area contributed by atoms with Crippen molar-refractivity contribution in [1.82, 2.24) is 6.15 Å². The minimum Gasteiger partial charge on any atom is -0.344 e. The van der Waals surface area contributed by atoms with E-state index < -0.39 is 0 Å². The van der Waals surface area contributed by atoms with E-state index in [1.165, 1.54) is 0 Å². The third-order valence-electron chi connectivity index (χ3n) is 1.33. The second kappa shape index (κ2) is 11.4. The van der Waals surface area contributed by atoms with Gasteiger partial charge in [-0.15, -0.1) is 24.8 Å². The molecule has 0 aliphatic heterocycles. The van der Waals surface area contributed by atoms with Crippen LogP contribution in [0.4, 0.5) is 0 Å². The summed E-state index contributed by atoms with van der Waals surface area (Å²) < 4.78 is 0. The Morgan fingerprint density at radius 2 is 0.778 bits per heavy atom. The fourth-order valence-corrected chi connectivity index (χ4v) is 0. The Hall–Kier alpha value is 0.540. The summed E-state index contributed by atoms with van der Waals surface area (Å²) >= 11 is 0. The average Bonchev–Trinajstić information content (AvgIpc) is 1.36. The summed E-state index contributed by atoms with van der Waals surface area (Å²) in [5, 5.41) is 0. The van der Waals surface area contributed by atoms with Crippen LogP contribution >= 0.6 is 24.8 Å². The lowest BCUT2D eigenvalue weighted by molar-refractivity contribution is 0.457. The molecular formula is C6H19Cl2N. The van der Waals surface area contributed by atoms with Gasteiger partial charge in [-0.25, -0.2) is 0 Å². The fraction of sp³-hybridized carbons (Fsp3) is 1.00. The van der Waals surface area contributed by atoms with Crippen molar-refractivity contribution in [2.75, 3.05) is 0 Å². The standard InChI is InChI=1S/C6H14.2ClH.H3N/c1-5(2)6(3)4;;;/h5-6H,1-4H3;2*1H;1H3. The van der Waals surface area contributed by atoms with Crippen molar-refractivity contribution in [3.05, 3.63) is 0 Å². The van der Waals surface area contributed by atoms with Crippen molar-refractivity contribution in [2.24, 2.45) is 11.8 Å². The van der Waals surface area contributed by atoms with Crippen LogP contribution in [0.3, 0.4) is 0 Å². The van der Waals surface area contributed by atoms with Crippen molar-refractivity contribution in [1.29, 1.82) is 0 Å². The fourth-order valence-electron chi connectivity index (χ4n) is 0. The summed E-state index contributed by atoms with van der Waals surface area (Å²) in [7, 11) is 0. The van der Waals surface area contributed by atoms with Crippen LogP contribution < -0.4 is 6.15 Å². The summed E-state index contributed by atoms with van der Waals surface area (Å²) in [5.74, 6) is 1.70. The third-order valence-corrected chi connectivity index (χ3v) is 1.33. The van der Waals surface area contributed by atoms with Crippen molar-refractivity contribution in [3.8, 4) is 0 Å². The van der Waals surface area contributed by atoms with Gasteiger partial charge in [0.2, 0.25) is 0 Å². The molecule has 0 atom stereocenters. The van der Waals surface area contributed by atoms with E-state index in [0.29, 0.717) is 0 Å². The maximum atomic E-state index is 2.24. The lowest BCUT2D eigenvalue weighted by Gasteiger charge is -2.05. The molecule has 0 bridgehead atoms. The zero-order valence-corrected chi connectivity index (χ0v) is 8.31. The molecule has 0 aliphatic rings. The van der Waals surface area contributed by atoms with Crippen LogP contribution in [-0.2, 0) is 0 Å². The number of hydrogen-bond donors (Lipinski definition) is 1. The Bertz CT molecular complexity index is 32.0. The molecule has 0 aliphatic carbocycles. The predicted octanol–water partition coefficient (Wildman–Crippen LogP) is 3.30. The van der Waals surface area contributed by atoms with Gasteiger partial charge in [0, 0.05) is 0 Å². The lowest BCUT2D eigenvalue weighted by atomic mass is 10.0. The second-order valence-electron chi connectivity index (χ2n) is 2.49. The molecule has 1 nitrogen and oxygen atoms in total. The molecule has 0 aromatic carbocycles. The zero-order chi connectivity index (χ0) is 5.15. The molecule has 0 radical (unpaired) electrons. The summed E-state index contributed by atoms with van der Waals surface area (Å²) in [6.45, 7) is 8.96. The molecule has 0 rings (SSSR count). The van der Waals surface area contributed by atoms with Crippen LogP contribution in [0.25, 0.3) is 0 Å². The van der Waals surface area contributed by atoms with Gasteiger partial charge < -0.3 is 6.15 Å². The Morgan fingerprint density at radius 1 is 0.667 bits per heavy atom. The van der Waals surface area contributed by atoms with E-state index in [1.807, 2.05) is 0 Å². The Balaban J connectivity index is -0.0000000417. The summed E-state index contributed by atoms with van der Waals surface area (Å²) in [6, 6.07) is 0. The topological polar surface area (TPSA) is 35.0 Å². The highest BCUT2D eigenvalue weighted by molar-refractivity contribution is 5.85. The lowest BCUT2D eigenvalue weighted by Crippen LogP contribution is -1.95. The summed E-state index contributed by atoms with van der Waals surface area (Å²) in [6.07, 6.45) is 0. The van der Waals surface area contributed by atoms with Crippen molar-refractivity contribution in [2.45, 2.75) is 27.7 Å². The molecule has 0 saturated carbocycles. The quantitative estimate of drug-likeness (QED) is 0.653. The Kier molecular flexibility index (Phi) is 28.6. The molecule has 0 spiro atoms. The van der Waals surface area contributed by atoms with Gasteiger partial charge in [-0.1, -0.05) is 27.7 Å². The number of halogens is 2. The highest BCUT2D eigenvalue weighted by Crippen LogP contribution is 2.05. The first-order chi connectivity index (χ1) is 2.64. The molecule has 0 aromatic heterocycles. The molecule has 3 N–H and O–H groups in total. The maximum absolute atomic E-state index is 2.24. The van der Waals surface area contributed by atoms with Crippen LogP contribution in [0.15, 0.2) is 0 Å². The Morgan fingerprint density at radius 3 is 0.778 bits per heavy atom. The summed E-state index contributed by atoms with van der Waals surface area (Å²) in [5.41, 5.74) is 0. The minimum absolute atomic E-state index is 0. The molecule has 0 fully saturated rings. The molecule has 0 amide bonds. The van der Waals surface area contributed by atoms with E-state index in [0.717, 1.165) is 11.8 Å². The average molecular weight is 176 g/mol. The third kappa shape index (κ3) is 17.7. The van der Waals surface area contributed by atoms with E-state index in [2.05, 4.69) is 27.7 Å². The maximum Gasteiger partial charge on any atom is -0.0448 e. The predicted molar refractivity (Wildman–Crippen MR) is 49.2 cm³/mol. The monoisotopic (exact) mass is 175 g/mol. The van der Waals surface area contributed by atoms with Crippen LogP contribution in [0.1, 0.15) is 27.7 Å². The second-order valence-corrected chi connectivity index (χ2v) is 2.49. The molecule has 62 valence electrons. The number of hydrogen-bond acceptors (Lipinski definition) is 1. The molecule has 3 heteroatoms. The van der Waals surface area contributed by atoms with E-state index in [-0.39, 0.29) is 31.0 Å².